The van der Waals surface area contributed by atoms with Gasteiger partial charge in [-0.25, -0.2) is 15.0 Å². The molecule has 1 unspecified atom stereocenters. The maximum atomic E-state index is 6.23. The van der Waals surface area contributed by atoms with Gasteiger partial charge in [0, 0.05) is 6.54 Å². The molecule has 0 aromatic carbocycles. The third kappa shape index (κ3) is 2.44. The second kappa shape index (κ2) is 5.62. The molecule has 0 amide bonds. The molecular formula is C15H22N6O3. The minimum absolute atomic E-state index is 0.113. The Morgan fingerprint density at radius 3 is 2.83 bits per heavy atom. The number of nitrogens with zero attached hydrogens (tertiary/aromatic N) is 4. The van der Waals surface area contributed by atoms with Gasteiger partial charge >= 0.3 is 0 Å². The van der Waals surface area contributed by atoms with Crippen LogP contribution in [0.25, 0.3) is 11.2 Å². The molecule has 4 heterocycles. The molecule has 2 aromatic heterocycles. The molecule has 130 valence electrons. The van der Waals surface area contributed by atoms with Crippen LogP contribution in [0.1, 0.15) is 27.0 Å². The molecule has 24 heavy (non-hydrogen) atoms. The van der Waals surface area contributed by atoms with Crippen molar-refractivity contribution in [3.8, 4) is 0 Å². The molecule has 0 saturated carbocycles. The van der Waals surface area contributed by atoms with Gasteiger partial charge in [0.15, 0.2) is 23.5 Å². The summed E-state index contributed by atoms with van der Waals surface area (Å²) in [6, 6.07) is 0. The van der Waals surface area contributed by atoms with Gasteiger partial charge in [-0.2, -0.15) is 0 Å². The number of nitrogens with one attached hydrogen (secondary N) is 1. The quantitative estimate of drug-likeness (QED) is 0.829. The van der Waals surface area contributed by atoms with Crippen LogP contribution in [-0.4, -0.2) is 56.7 Å². The minimum Gasteiger partial charge on any atom is -0.382 e. The molecule has 4 atom stereocenters. The van der Waals surface area contributed by atoms with Gasteiger partial charge in [0.05, 0.1) is 6.33 Å². The zero-order valence-electron chi connectivity index (χ0n) is 14.0. The molecule has 0 spiro atoms. The van der Waals surface area contributed by atoms with Gasteiger partial charge in [0.25, 0.3) is 0 Å². The average Bonchev–Trinajstić information content (AvgIpc) is 3.17. The van der Waals surface area contributed by atoms with E-state index in [9.17, 15) is 0 Å². The van der Waals surface area contributed by atoms with E-state index >= 15 is 0 Å². The molecule has 2 aliphatic rings. The maximum Gasteiger partial charge on any atom is 0.167 e. The molecule has 2 fully saturated rings. The van der Waals surface area contributed by atoms with E-state index in [1.165, 1.54) is 6.33 Å². The van der Waals surface area contributed by atoms with Gasteiger partial charge in [-0.05, 0) is 20.4 Å². The van der Waals surface area contributed by atoms with Crippen LogP contribution in [0.15, 0.2) is 12.7 Å². The Hall–Kier alpha value is -1.81. The summed E-state index contributed by atoms with van der Waals surface area (Å²) in [6.45, 7) is 7.45. The highest BCUT2D eigenvalue weighted by Gasteiger charge is 2.55. The van der Waals surface area contributed by atoms with E-state index < -0.39 is 5.79 Å². The number of fused-ring (bicyclic) bond motifs is 2. The Balaban J connectivity index is 1.70. The van der Waals surface area contributed by atoms with Crippen molar-refractivity contribution in [2.45, 2.75) is 51.1 Å². The van der Waals surface area contributed by atoms with Crippen molar-refractivity contribution in [2.75, 3.05) is 18.8 Å². The molecule has 2 aliphatic heterocycles. The Bertz CT molecular complexity index is 748. The van der Waals surface area contributed by atoms with Crippen LogP contribution in [0.2, 0.25) is 0 Å². The predicted octanol–water partition coefficient (Wildman–Crippen LogP) is 0.436. The van der Waals surface area contributed by atoms with Crippen molar-refractivity contribution in [3.63, 3.8) is 0 Å². The van der Waals surface area contributed by atoms with Crippen LogP contribution in [-0.2, 0) is 14.2 Å². The molecule has 0 bridgehead atoms. The average molecular weight is 334 g/mol. The van der Waals surface area contributed by atoms with Crippen LogP contribution < -0.4 is 11.1 Å². The largest absolute Gasteiger partial charge is 0.382 e. The van der Waals surface area contributed by atoms with Crippen LogP contribution >= 0.6 is 0 Å². The fraction of sp³-hybridized carbons (Fsp3) is 0.667. The predicted molar refractivity (Wildman–Crippen MR) is 86.0 cm³/mol. The van der Waals surface area contributed by atoms with Crippen LogP contribution in [0.3, 0.4) is 0 Å². The number of anilines is 1. The summed E-state index contributed by atoms with van der Waals surface area (Å²) >= 11 is 0. The lowest BCUT2D eigenvalue weighted by molar-refractivity contribution is -0.195. The lowest BCUT2D eigenvalue weighted by Gasteiger charge is -2.24. The summed E-state index contributed by atoms with van der Waals surface area (Å²) in [7, 11) is 0. The van der Waals surface area contributed by atoms with Crippen molar-refractivity contribution in [3.05, 3.63) is 12.7 Å². The number of likely N-dealkylation sites (N-methyl/N-ethyl adjacent to an activating group) is 1. The molecule has 2 aromatic rings. The van der Waals surface area contributed by atoms with E-state index in [2.05, 4.69) is 27.2 Å². The zero-order chi connectivity index (χ0) is 16.9. The van der Waals surface area contributed by atoms with Crippen molar-refractivity contribution in [2.24, 2.45) is 0 Å². The van der Waals surface area contributed by atoms with Gasteiger partial charge in [0.2, 0.25) is 0 Å². The highest BCUT2D eigenvalue weighted by Crippen LogP contribution is 2.43. The van der Waals surface area contributed by atoms with E-state index in [-0.39, 0.29) is 24.5 Å². The third-order valence-corrected chi connectivity index (χ3v) is 4.38. The zero-order valence-corrected chi connectivity index (χ0v) is 14.0. The number of aromatic nitrogens is 4. The molecule has 2 saturated heterocycles. The smallest absolute Gasteiger partial charge is 0.167 e. The van der Waals surface area contributed by atoms with Gasteiger partial charge in [-0.1, -0.05) is 6.92 Å². The number of hydrogen-bond donors (Lipinski definition) is 2. The van der Waals surface area contributed by atoms with Crippen molar-refractivity contribution in [1.29, 1.82) is 0 Å². The molecule has 4 rings (SSSR count). The number of ether oxygens (including phenoxy) is 3. The monoisotopic (exact) mass is 334 g/mol. The molecule has 9 heteroatoms. The Morgan fingerprint density at radius 1 is 1.25 bits per heavy atom. The molecule has 0 radical (unpaired) electrons. The highest BCUT2D eigenvalue weighted by atomic mass is 16.8. The summed E-state index contributed by atoms with van der Waals surface area (Å²) in [5, 5.41) is 3.31. The Labute approximate surface area is 139 Å². The number of nitrogen functional groups attached to an aromatic ring is 1. The Kier molecular flexibility index (Phi) is 3.68. The first-order chi connectivity index (χ1) is 11.5. The fourth-order valence-electron chi connectivity index (χ4n) is 3.39. The van der Waals surface area contributed by atoms with Crippen molar-refractivity contribution < 1.29 is 14.2 Å². The summed E-state index contributed by atoms with van der Waals surface area (Å²) in [4.78, 5) is 12.6. The van der Waals surface area contributed by atoms with Gasteiger partial charge in [-0.3, -0.25) is 4.57 Å². The fourth-order valence-corrected chi connectivity index (χ4v) is 3.39. The van der Waals surface area contributed by atoms with E-state index in [1.807, 2.05) is 18.4 Å². The molecule has 0 aliphatic carbocycles. The molecule has 3 N–H and O–H groups in total. The van der Waals surface area contributed by atoms with Gasteiger partial charge in [-0.15, -0.1) is 0 Å². The second-order valence-corrected chi connectivity index (χ2v) is 6.52. The Morgan fingerprint density at radius 2 is 2.04 bits per heavy atom. The molecule has 9 nitrogen and oxygen atoms in total. The standard InChI is InChI=1S/C15H22N6O3/c1-4-17-5-8-10-11(24-15(2,3)23-10)14(22-8)21-7-20-9-12(16)18-6-19-13(9)21/h6-8,10-11,14,17H,4-5H2,1-3H3,(H2,16,18,19)/t8-,10-,11-,14?/m1/s1. The first-order valence-electron chi connectivity index (χ1n) is 8.15. The summed E-state index contributed by atoms with van der Waals surface area (Å²) in [5.41, 5.74) is 7.07. The highest BCUT2D eigenvalue weighted by molar-refractivity contribution is 5.81. The van der Waals surface area contributed by atoms with E-state index in [0.717, 1.165) is 6.54 Å². The number of rotatable bonds is 4. The first-order valence-corrected chi connectivity index (χ1v) is 8.15. The van der Waals surface area contributed by atoms with E-state index in [1.54, 1.807) is 6.33 Å². The second-order valence-electron chi connectivity index (χ2n) is 6.52. The normalized spacial score (nSPS) is 31.6. The van der Waals surface area contributed by atoms with Gasteiger partial charge in [0.1, 0.15) is 30.2 Å². The summed E-state index contributed by atoms with van der Waals surface area (Å²) in [6.07, 6.45) is 2.21. The van der Waals surface area contributed by atoms with E-state index in [4.69, 9.17) is 19.9 Å². The third-order valence-electron chi connectivity index (χ3n) is 4.38. The van der Waals surface area contributed by atoms with E-state index in [0.29, 0.717) is 23.5 Å². The number of nitrogens with two attached hydrogens (primary N) is 1. The lowest BCUT2D eigenvalue weighted by Crippen LogP contribution is -2.37. The van der Waals surface area contributed by atoms with Crippen LogP contribution in [0, 0.1) is 0 Å². The number of hydrogen-bond acceptors (Lipinski definition) is 8. The topological polar surface area (TPSA) is 109 Å². The first kappa shape index (κ1) is 15.7. The number of imidazole rings is 1. The molecular weight excluding hydrogens is 312 g/mol. The van der Waals surface area contributed by atoms with Gasteiger partial charge < -0.3 is 25.3 Å². The van der Waals surface area contributed by atoms with Crippen molar-refractivity contribution >= 4 is 17.0 Å². The summed E-state index contributed by atoms with van der Waals surface area (Å²) in [5.74, 6) is -0.298. The minimum atomic E-state index is -0.647. The SMILES string of the molecule is CCNC[C@H]1OC(n2cnc3c(N)ncnc32)[C@@H]2OC(C)(C)O[C@H]12. The van der Waals surface area contributed by atoms with Crippen LogP contribution in [0.5, 0.6) is 0 Å². The maximum absolute atomic E-state index is 6.23. The van der Waals surface area contributed by atoms with Crippen molar-refractivity contribution in [1.82, 2.24) is 24.8 Å². The lowest BCUT2D eigenvalue weighted by atomic mass is 10.1. The van der Waals surface area contributed by atoms with Crippen LogP contribution in [0.4, 0.5) is 5.82 Å². The summed E-state index contributed by atoms with van der Waals surface area (Å²) < 4.78 is 20.2.